The molecule has 0 fully saturated rings. The van der Waals surface area contributed by atoms with Crippen LogP contribution in [0.5, 0.6) is 0 Å². The lowest BCUT2D eigenvalue weighted by atomic mass is 9.79. The van der Waals surface area contributed by atoms with Gasteiger partial charge in [-0.1, -0.05) is 20.8 Å². The zero-order chi connectivity index (χ0) is 14.7. The summed E-state index contributed by atoms with van der Waals surface area (Å²) in [5.41, 5.74) is 8.04. The maximum atomic E-state index is 13.9. The number of alkyl halides is 2. The molecular formula is C14H24F2N3+. The van der Waals surface area contributed by atoms with Crippen molar-refractivity contribution >= 4 is 0 Å². The molecule has 3 nitrogen and oxygen atoms in total. The summed E-state index contributed by atoms with van der Waals surface area (Å²) in [7, 11) is 0. The SMILES string of the molecule is C#[N+]N/C1=C(\N)CC(CC(C)(C)C)CCCC1(F)F. The lowest BCUT2D eigenvalue weighted by molar-refractivity contribution is 0.0183. The van der Waals surface area contributed by atoms with Crippen LogP contribution in [-0.2, 0) is 0 Å². The first kappa shape index (κ1) is 15.7. The van der Waals surface area contributed by atoms with Gasteiger partial charge in [0.05, 0.1) is 4.95 Å². The molecule has 0 saturated heterocycles. The number of allylic oxidation sites excluding steroid dienone is 2. The zero-order valence-corrected chi connectivity index (χ0v) is 12.0. The highest BCUT2D eigenvalue weighted by molar-refractivity contribution is 5.20. The second-order valence-corrected chi connectivity index (χ2v) is 6.57. The molecule has 19 heavy (non-hydrogen) atoms. The van der Waals surface area contributed by atoms with E-state index in [0.29, 0.717) is 18.8 Å². The van der Waals surface area contributed by atoms with Crippen LogP contribution in [0.25, 0.3) is 4.95 Å². The highest BCUT2D eigenvalue weighted by atomic mass is 19.3. The van der Waals surface area contributed by atoms with Crippen molar-refractivity contribution in [1.29, 1.82) is 0 Å². The van der Waals surface area contributed by atoms with Gasteiger partial charge in [0.1, 0.15) is 0 Å². The van der Waals surface area contributed by atoms with Gasteiger partial charge in [0, 0.05) is 12.1 Å². The number of nitrogens with zero attached hydrogens (tertiary/aromatic N) is 1. The van der Waals surface area contributed by atoms with Crippen LogP contribution in [0.3, 0.4) is 0 Å². The average molecular weight is 272 g/mol. The monoisotopic (exact) mass is 272 g/mol. The largest absolute Gasteiger partial charge is 0.400 e. The number of nitrogens with two attached hydrogens (primary N) is 1. The van der Waals surface area contributed by atoms with Crippen molar-refractivity contribution in [2.75, 3.05) is 0 Å². The van der Waals surface area contributed by atoms with Gasteiger partial charge >= 0.3 is 6.57 Å². The van der Waals surface area contributed by atoms with Crippen molar-refractivity contribution in [2.24, 2.45) is 17.1 Å². The number of hydrogen-bond acceptors (Lipinski definition) is 2. The number of hydrogen-bond donors (Lipinski definition) is 2. The third-order valence-electron chi connectivity index (χ3n) is 3.38. The molecule has 1 atom stereocenters. The van der Waals surface area contributed by atoms with Crippen LogP contribution in [0.4, 0.5) is 8.78 Å². The Morgan fingerprint density at radius 2 is 2.11 bits per heavy atom. The van der Waals surface area contributed by atoms with Crippen LogP contribution < -0.4 is 11.2 Å². The van der Waals surface area contributed by atoms with Gasteiger partial charge < -0.3 is 5.73 Å². The first-order valence-corrected chi connectivity index (χ1v) is 6.68. The molecule has 3 N–H and O–H groups in total. The van der Waals surface area contributed by atoms with Gasteiger partial charge in [-0.05, 0) is 42.4 Å². The van der Waals surface area contributed by atoms with E-state index in [9.17, 15) is 8.78 Å². The van der Waals surface area contributed by atoms with Crippen molar-refractivity contribution < 1.29 is 8.78 Å². The zero-order valence-electron chi connectivity index (χ0n) is 12.0. The van der Waals surface area contributed by atoms with E-state index in [1.165, 1.54) is 0 Å². The lowest BCUT2D eigenvalue weighted by Gasteiger charge is -2.29. The molecule has 0 bridgehead atoms. The maximum absolute atomic E-state index is 13.9. The Morgan fingerprint density at radius 3 is 2.63 bits per heavy atom. The summed E-state index contributed by atoms with van der Waals surface area (Å²) in [4.78, 5) is 3.11. The topological polar surface area (TPSA) is 42.4 Å². The second-order valence-electron chi connectivity index (χ2n) is 6.57. The summed E-state index contributed by atoms with van der Waals surface area (Å²) < 4.78 is 27.8. The third-order valence-corrected chi connectivity index (χ3v) is 3.38. The predicted octanol–water partition coefficient (Wildman–Crippen LogP) is 3.89. The Morgan fingerprint density at radius 1 is 1.47 bits per heavy atom. The molecule has 0 aromatic carbocycles. The standard InChI is InChI=1S/C14H24F2N3/c1-13(2,3)9-10-6-5-7-14(15,16)12(19-18-4)11(17)8-10/h4,10,19H,5-9,17H2,1-3H3/q+1/b12-11-. The van der Waals surface area contributed by atoms with Gasteiger partial charge in [-0.2, -0.15) is 8.78 Å². The fraction of sp³-hybridized carbons (Fsp3) is 0.786. The minimum Gasteiger partial charge on any atom is -0.400 e. The highest BCUT2D eigenvalue weighted by Gasteiger charge is 2.40. The van der Waals surface area contributed by atoms with Gasteiger partial charge in [-0.3, -0.25) is 0 Å². The average Bonchev–Trinajstić information content (AvgIpc) is 2.21. The van der Waals surface area contributed by atoms with Gasteiger partial charge in [-0.15, -0.1) is 0 Å². The minimum atomic E-state index is -2.97. The molecule has 0 aliphatic heterocycles. The molecule has 0 amide bonds. The number of rotatable bonds is 2. The Bertz CT molecular complexity index is 388. The minimum absolute atomic E-state index is 0.165. The van der Waals surface area contributed by atoms with Crippen LogP contribution in [-0.4, -0.2) is 5.92 Å². The smallest absolute Gasteiger partial charge is 0.305 e. The Hall–Kier alpha value is -1.31. The molecule has 1 rings (SSSR count). The molecule has 0 aromatic rings. The van der Waals surface area contributed by atoms with Gasteiger partial charge in [-0.25, -0.2) is 0 Å². The number of nitrogens with one attached hydrogen (secondary N) is 1. The van der Waals surface area contributed by atoms with Crippen LogP contribution in [0.2, 0.25) is 0 Å². The van der Waals surface area contributed by atoms with Gasteiger partial charge in [0.15, 0.2) is 5.70 Å². The fourth-order valence-corrected chi connectivity index (χ4v) is 2.75. The fourth-order valence-electron chi connectivity index (χ4n) is 2.75. The van der Waals surface area contributed by atoms with Crippen LogP contribution >= 0.6 is 0 Å². The normalized spacial score (nSPS) is 28.1. The Balaban J connectivity index is 2.95. The van der Waals surface area contributed by atoms with Crippen LogP contribution in [0.1, 0.15) is 52.9 Å². The maximum Gasteiger partial charge on any atom is 0.305 e. The number of halogens is 2. The molecule has 0 radical (unpaired) electrons. The van der Waals surface area contributed by atoms with E-state index in [-0.39, 0.29) is 23.2 Å². The third kappa shape index (κ3) is 4.70. The summed E-state index contributed by atoms with van der Waals surface area (Å²) in [5, 5.41) is 0. The van der Waals surface area contributed by atoms with Gasteiger partial charge in [0.2, 0.25) is 0 Å². The van der Waals surface area contributed by atoms with Crippen LogP contribution in [0.15, 0.2) is 11.4 Å². The summed E-state index contributed by atoms with van der Waals surface area (Å²) in [5.74, 6) is -2.65. The summed E-state index contributed by atoms with van der Waals surface area (Å²) in [6.45, 7) is 11.4. The summed E-state index contributed by atoms with van der Waals surface area (Å²) in [6, 6.07) is 0. The molecule has 108 valence electrons. The Labute approximate surface area is 114 Å². The second kappa shape index (κ2) is 5.77. The van der Waals surface area contributed by atoms with E-state index in [0.717, 1.165) is 12.8 Å². The van der Waals surface area contributed by atoms with Gasteiger partial charge in [0.25, 0.3) is 5.92 Å². The van der Waals surface area contributed by atoms with E-state index in [1.54, 1.807) is 0 Å². The van der Waals surface area contributed by atoms with E-state index >= 15 is 0 Å². The van der Waals surface area contributed by atoms with Crippen LogP contribution in [0, 0.1) is 17.9 Å². The van der Waals surface area contributed by atoms with E-state index < -0.39 is 5.92 Å². The molecule has 0 heterocycles. The van der Waals surface area contributed by atoms with Crippen molar-refractivity contribution in [3.63, 3.8) is 0 Å². The molecule has 1 aliphatic rings. The molecule has 0 saturated carbocycles. The van der Waals surface area contributed by atoms with E-state index in [1.807, 2.05) is 0 Å². The first-order valence-electron chi connectivity index (χ1n) is 6.68. The van der Waals surface area contributed by atoms with Crippen molar-refractivity contribution in [2.45, 2.75) is 58.8 Å². The molecular weight excluding hydrogens is 248 g/mol. The Kier molecular flexibility index (Phi) is 4.78. The highest BCUT2D eigenvalue weighted by Crippen LogP contribution is 2.38. The van der Waals surface area contributed by atoms with E-state index in [4.69, 9.17) is 12.3 Å². The molecule has 1 aliphatic carbocycles. The van der Waals surface area contributed by atoms with E-state index in [2.05, 4.69) is 31.2 Å². The summed E-state index contributed by atoms with van der Waals surface area (Å²) >= 11 is 0. The predicted molar refractivity (Wildman–Crippen MR) is 73.6 cm³/mol. The molecule has 5 heteroatoms. The van der Waals surface area contributed by atoms with Crippen molar-refractivity contribution in [3.05, 3.63) is 16.3 Å². The molecule has 1 unspecified atom stereocenters. The van der Waals surface area contributed by atoms with Crippen molar-refractivity contribution in [1.82, 2.24) is 5.43 Å². The van der Waals surface area contributed by atoms with Crippen molar-refractivity contribution in [3.8, 4) is 6.57 Å². The quantitative estimate of drug-likeness (QED) is 0.749. The lowest BCUT2D eigenvalue weighted by Crippen LogP contribution is -2.33. The summed E-state index contributed by atoms with van der Waals surface area (Å²) in [6.07, 6.45) is 2.47. The molecule has 0 aromatic heterocycles. The molecule has 0 spiro atoms. The first-order chi connectivity index (χ1) is 8.65.